The molecule has 1 heterocycles. The molecule has 0 unspecified atom stereocenters. The average molecular weight is 291 g/mol. The van der Waals surface area contributed by atoms with Gasteiger partial charge in [0.05, 0.1) is 6.61 Å². The van der Waals surface area contributed by atoms with Gasteiger partial charge in [-0.3, -0.25) is 0 Å². The molecule has 0 saturated heterocycles. The molecule has 0 aromatic carbocycles. The smallest absolute Gasteiger partial charge is 0.370 e. The predicted octanol–water partition coefficient (Wildman–Crippen LogP) is 3.38. The Hall–Kier alpha value is -1.24. The molecule has 2 rings (SSSR count). The molecule has 0 radical (unpaired) electrons. The van der Waals surface area contributed by atoms with E-state index >= 15 is 0 Å². The van der Waals surface area contributed by atoms with E-state index in [1.54, 1.807) is 6.20 Å². The van der Waals surface area contributed by atoms with E-state index in [0.29, 0.717) is 18.5 Å². The van der Waals surface area contributed by atoms with Crippen LogP contribution in [0.4, 0.5) is 19.1 Å². The molecule has 0 atom stereocenters. The fourth-order valence-electron chi connectivity index (χ4n) is 2.53. The maximum Gasteiger partial charge on any atom is 0.411 e. The van der Waals surface area contributed by atoms with E-state index in [1.165, 1.54) is 19.3 Å². The Balaban J connectivity index is 1.74. The van der Waals surface area contributed by atoms with Crippen LogP contribution < -0.4 is 5.32 Å². The molecule has 0 aliphatic heterocycles. The van der Waals surface area contributed by atoms with Crippen LogP contribution in [0.3, 0.4) is 0 Å². The van der Waals surface area contributed by atoms with Crippen molar-refractivity contribution in [2.45, 2.75) is 44.3 Å². The summed E-state index contributed by atoms with van der Waals surface area (Å²) in [5, 5.41) is 3.04. The Morgan fingerprint density at radius 1 is 1.30 bits per heavy atom. The van der Waals surface area contributed by atoms with Gasteiger partial charge >= 0.3 is 6.18 Å². The second kappa shape index (κ2) is 6.97. The van der Waals surface area contributed by atoms with Gasteiger partial charge in [0.1, 0.15) is 6.61 Å². The van der Waals surface area contributed by atoms with Crippen molar-refractivity contribution in [3.8, 4) is 0 Å². The second-order valence-corrected chi connectivity index (χ2v) is 5.04. The van der Waals surface area contributed by atoms with Gasteiger partial charge in [-0.2, -0.15) is 13.2 Å². The molecular formula is C13H20F3N3O. The van der Waals surface area contributed by atoms with Gasteiger partial charge in [-0.15, -0.1) is 0 Å². The van der Waals surface area contributed by atoms with Crippen LogP contribution in [-0.2, 0) is 4.74 Å². The van der Waals surface area contributed by atoms with Gasteiger partial charge in [0.15, 0.2) is 0 Å². The van der Waals surface area contributed by atoms with Crippen molar-refractivity contribution >= 4 is 5.95 Å². The molecule has 1 N–H and O–H groups in total. The predicted molar refractivity (Wildman–Crippen MR) is 69.7 cm³/mol. The molecular weight excluding hydrogens is 271 g/mol. The molecule has 20 heavy (non-hydrogen) atoms. The highest BCUT2D eigenvalue weighted by Gasteiger charge is 2.27. The van der Waals surface area contributed by atoms with Gasteiger partial charge in [-0.25, -0.2) is 4.98 Å². The molecule has 4 nitrogen and oxygen atoms in total. The molecule has 7 heteroatoms. The molecule has 1 aromatic rings. The highest BCUT2D eigenvalue weighted by Crippen LogP contribution is 2.29. The molecule has 114 valence electrons. The molecule has 0 bridgehead atoms. The van der Waals surface area contributed by atoms with Crippen LogP contribution in [0, 0.1) is 0 Å². The Labute approximate surface area is 116 Å². The van der Waals surface area contributed by atoms with Crippen LogP contribution in [0.1, 0.15) is 38.1 Å². The second-order valence-electron chi connectivity index (χ2n) is 5.04. The normalized spacial score (nSPS) is 17.4. The number of hydrogen-bond acceptors (Lipinski definition) is 3. The lowest BCUT2D eigenvalue weighted by Gasteiger charge is -2.24. The SMILES string of the molecule is FC(F)(F)COCCNc1nccn1C1CCCCC1. The van der Waals surface area contributed by atoms with Crippen molar-refractivity contribution in [3.63, 3.8) is 0 Å². The highest BCUT2D eigenvalue weighted by molar-refractivity contribution is 5.26. The van der Waals surface area contributed by atoms with Crippen molar-refractivity contribution in [1.29, 1.82) is 0 Å². The van der Waals surface area contributed by atoms with Gasteiger partial charge in [-0.1, -0.05) is 19.3 Å². The third-order valence-corrected chi connectivity index (χ3v) is 3.43. The summed E-state index contributed by atoms with van der Waals surface area (Å²) in [6, 6.07) is 0.449. The minimum Gasteiger partial charge on any atom is -0.370 e. The van der Waals surface area contributed by atoms with Crippen LogP contribution in [0.2, 0.25) is 0 Å². The van der Waals surface area contributed by atoms with Gasteiger partial charge in [0.25, 0.3) is 0 Å². The first-order chi connectivity index (χ1) is 9.56. The van der Waals surface area contributed by atoms with Crippen LogP contribution in [0.25, 0.3) is 0 Å². The number of imidazole rings is 1. The molecule has 1 aliphatic carbocycles. The summed E-state index contributed by atoms with van der Waals surface area (Å²) >= 11 is 0. The molecule has 0 amide bonds. The van der Waals surface area contributed by atoms with Crippen molar-refractivity contribution in [1.82, 2.24) is 9.55 Å². The number of nitrogens with zero attached hydrogens (tertiary/aromatic N) is 2. The van der Waals surface area contributed by atoms with Crippen LogP contribution >= 0.6 is 0 Å². The topological polar surface area (TPSA) is 39.1 Å². The van der Waals surface area contributed by atoms with Gasteiger partial charge in [0.2, 0.25) is 5.95 Å². The summed E-state index contributed by atoms with van der Waals surface area (Å²) < 4.78 is 42.3. The van der Waals surface area contributed by atoms with Crippen LogP contribution in [0.5, 0.6) is 0 Å². The number of rotatable bonds is 6. The average Bonchev–Trinajstić information content (AvgIpc) is 2.86. The largest absolute Gasteiger partial charge is 0.411 e. The van der Waals surface area contributed by atoms with Crippen molar-refractivity contribution in [2.24, 2.45) is 0 Å². The molecule has 0 spiro atoms. The lowest BCUT2D eigenvalue weighted by Crippen LogP contribution is -2.21. The first kappa shape index (κ1) is 15.2. The van der Waals surface area contributed by atoms with E-state index in [0.717, 1.165) is 12.8 Å². The maximum absolute atomic E-state index is 11.9. The van der Waals surface area contributed by atoms with E-state index in [-0.39, 0.29) is 6.61 Å². The van der Waals surface area contributed by atoms with Crippen molar-refractivity contribution in [2.75, 3.05) is 25.1 Å². The third kappa shape index (κ3) is 4.70. The lowest BCUT2D eigenvalue weighted by molar-refractivity contribution is -0.172. The Morgan fingerprint density at radius 3 is 2.75 bits per heavy atom. The first-order valence-electron chi connectivity index (χ1n) is 6.97. The summed E-state index contributed by atoms with van der Waals surface area (Å²) in [4.78, 5) is 4.21. The number of ether oxygens (including phenoxy) is 1. The zero-order chi connectivity index (χ0) is 14.4. The number of alkyl halides is 3. The molecule has 1 aliphatic rings. The lowest BCUT2D eigenvalue weighted by atomic mass is 9.95. The summed E-state index contributed by atoms with van der Waals surface area (Å²) in [5.41, 5.74) is 0. The molecule has 1 fully saturated rings. The van der Waals surface area contributed by atoms with E-state index in [1.807, 2.05) is 6.20 Å². The van der Waals surface area contributed by atoms with Crippen molar-refractivity contribution in [3.05, 3.63) is 12.4 Å². The minimum absolute atomic E-state index is 0.0109. The van der Waals surface area contributed by atoms with E-state index < -0.39 is 12.8 Å². The zero-order valence-corrected chi connectivity index (χ0v) is 11.3. The Morgan fingerprint density at radius 2 is 2.05 bits per heavy atom. The summed E-state index contributed by atoms with van der Waals surface area (Å²) in [5.74, 6) is 0.715. The fourth-order valence-corrected chi connectivity index (χ4v) is 2.53. The number of hydrogen-bond donors (Lipinski definition) is 1. The highest BCUT2D eigenvalue weighted by atomic mass is 19.4. The summed E-state index contributed by atoms with van der Waals surface area (Å²) in [7, 11) is 0. The summed E-state index contributed by atoms with van der Waals surface area (Å²) in [6.45, 7) is -0.872. The minimum atomic E-state index is -4.26. The van der Waals surface area contributed by atoms with E-state index in [9.17, 15) is 13.2 Å². The zero-order valence-electron chi connectivity index (χ0n) is 11.3. The van der Waals surface area contributed by atoms with E-state index in [2.05, 4.69) is 19.6 Å². The number of anilines is 1. The Bertz CT molecular complexity index is 400. The van der Waals surface area contributed by atoms with Crippen molar-refractivity contribution < 1.29 is 17.9 Å². The number of nitrogens with one attached hydrogen (secondary N) is 1. The Kier molecular flexibility index (Phi) is 5.28. The van der Waals surface area contributed by atoms with E-state index in [4.69, 9.17) is 0 Å². The first-order valence-corrected chi connectivity index (χ1v) is 6.97. The quantitative estimate of drug-likeness (QED) is 0.817. The fraction of sp³-hybridized carbons (Fsp3) is 0.769. The summed E-state index contributed by atoms with van der Waals surface area (Å²) in [6.07, 6.45) is 5.36. The number of aromatic nitrogens is 2. The van der Waals surface area contributed by atoms with Crippen LogP contribution in [0.15, 0.2) is 12.4 Å². The molecule has 1 aromatic heterocycles. The molecule has 1 saturated carbocycles. The van der Waals surface area contributed by atoms with Gasteiger partial charge in [0, 0.05) is 25.0 Å². The standard InChI is InChI=1S/C13H20F3N3O/c14-13(15,16)10-20-9-7-18-12-17-6-8-19(12)11-4-2-1-3-5-11/h6,8,11H,1-5,7,9-10H2,(H,17,18). The maximum atomic E-state index is 11.9. The van der Waals surface area contributed by atoms with Gasteiger partial charge in [-0.05, 0) is 12.8 Å². The van der Waals surface area contributed by atoms with Crippen LogP contribution in [-0.4, -0.2) is 35.5 Å². The van der Waals surface area contributed by atoms with Gasteiger partial charge < -0.3 is 14.6 Å². The monoisotopic (exact) mass is 291 g/mol. The number of halogens is 3. The third-order valence-electron chi connectivity index (χ3n) is 3.43.